The first-order valence-corrected chi connectivity index (χ1v) is 12.0. The topological polar surface area (TPSA) is 134 Å². The molecule has 0 spiro atoms. The minimum atomic E-state index is -0.690. The lowest BCUT2D eigenvalue weighted by Gasteiger charge is -2.19. The van der Waals surface area contributed by atoms with Crippen LogP contribution in [0.3, 0.4) is 0 Å². The average molecular weight is 509 g/mol. The van der Waals surface area contributed by atoms with Crippen LogP contribution in [-0.2, 0) is 16.1 Å². The summed E-state index contributed by atoms with van der Waals surface area (Å²) in [6.45, 7) is 9.24. The quantitative estimate of drug-likeness (QED) is 0.469. The van der Waals surface area contributed by atoms with Crippen LogP contribution in [0.15, 0.2) is 42.5 Å². The van der Waals surface area contributed by atoms with E-state index in [9.17, 15) is 24.0 Å². The minimum Gasteiger partial charge on any atom is -0.444 e. The van der Waals surface area contributed by atoms with Gasteiger partial charge in [0.1, 0.15) is 12.1 Å². The molecule has 0 radical (unpaired) electrons. The van der Waals surface area contributed by atoms with Gasteiger partial charge in [-0.2, -0.15) is 0 Å². The molecular weight excluding hydrogens is 476 g/mol. The fraction of sp³-hybridized carbons (Fsp3) is 0.370. The van der Waals surface area contributed by atoms with Gasteiger partial charge in [-0.25, -0.2) is 4.79 Å². The molecule has 5 amide bonds. The largest absolute Gasteiger partial charge is 0.444 e. The molecular formula is C27H32N4O6. The van der Waals surface area contributed by atoms with E-state index in [1.807, 2.05) is 13.8 Å². The molecule has 10 heteroatoms. The van der Waals surface area contributed by atoms with Crippen molar-refractivity contribution in [3.63, 3.8) is 0 Å². The lowest BCUT2D eigenvalue weighted by Crippen LogP contribution is -2.37. The van der Waals surface area contributed by atoms with Gasteiger partial charge in [0, 0.05) is 24.3 Å². The molecule has 0 atom stereocenters. The van der Waals surface area contributed by atoms with Gasteiger partial charge < -0.3 is 20.7 Å². The van der Waals surface area contributed by atoms with Crippen LogP contribution in [0.1, 0.15) is 71.3 Å². The number of alkyl carbamates (subject to hydrolysis) is 1. The summed E-state index contributed by atoms with van der Waals surface area (Å²) in [5.41, 5.74) is 1.34. The summed E-state index contributed by atoms with van der Waals surface area (Å²) < 4.78 is 5.10. The van der Waals surface area contributed by atoms with Crippen molar-refractivity contribution in [3.05, 3.63) is 64.7 Å². The number of benzene rings is 2. The third kappa shape index (κ3) is 7.39. The molecule has 0 fully saturated rings. The number of carbonyl (C=O) groups is 5. The van der Waals surface area contributed by atoms with Crippen LogP contribution in [0.2, 0.25) is 0 Å². The van der Waals surface area contributed by atoms with E-state index < -0.39 is 29.4 Å². The summed E-state index contributed by atoms with van der Waals surface area (Å²) >= 11 is 0. The number of hydrogen-bond acceptors (Lipinski definition) is 6. The van der Waals surface area contributed by atoms with Crippen molar-refractivity contribution in [3.8, 4) is 0 Å². The van der Waals surface area contributed by atoms with Crippen LogP contribution in [0.4, 0.5) is 10.5 Å². The van der Waals surface area contributed by atoms with Crippen LogP contribution in [0.5, 0.6) is 0 Å². The highest BCUT2D eigenvalue weighted by Crippen LogP contribution is 2.25. The van der Waals surface area contributed by atoms with Gasteiger partial charge >= 0.3 is 6.09 Å². The maximum Gasteiger partial charge on any atom is 0.408 e. The molecule has 2 aromatic rings. The van der Waals surface area contributed by atoms with Crippen molar-refractivity contribution in [2.45, 2.75) is 46.8 Å². The highest BCUT2D eigenvalue weighted by Gasteiger charge is 2.36. The molecule has 3 N–H and O–H groups in total. The molecule has 3 rings (SSSR count). The smallest absolute Gasteiger partial charge is 0.408 e. The van der Waals surface area contributed by atoms with E-state index in [0.29, 0.717) is 17.8 Å². The predicted molar refractivity (Wildman–Crippen MR) is 137 cm³/mol. The molecule has 196 valence electrons. The van der Waals surface area contributed by atoms with E-state index in [0.717, 1.165) is 5.56 Å². The standard InChI is InChI=1S/C27H32N4O6/c1-16(2)15-31-24(34)20-10-9-18(12-21(20)25(31)35)23(33)28-13-17-7-6-8-19(11-17)30-22(32)14-29-26(36)37-27(3,4)5/h6-12,16H,13-15H2,1-5H3,(H,28,33)(H,29,36)(H,30,32). The van der Waals surface area contributed by atoms with Gasteiger partial charge in [0.25, 0.3) is 17.7 Å². The Labute approximate surface area is 215 Å². The second-order valence-electron chi connectivity index (χ2n) is 10.2. The summed E-state index contributed by atoms with van der Waals surface area (Å²) in [6.07, 6.45) is -0.690. The molecule has 0 saturated carbocycles. The van der Waals surface area contributed by atoms with E-state index in [-0.39, 0.29) is 36.0 Å². The molecule has 2 aromatic carbocycles. The number of carbonyl (C=O) groups excluding carboxylic acids is 5. The Morgan fingerprint density at radius 1 is 0.946 bits per heavy atom. The van der Waals surface area contributed by atoms with Gasteiger partial charge in [0.05, 0.1) is 11.1 Å². The highest BCUT2D eigenvalue weighted by molar-refractivity contribution is 6.22. The lowest BCUT2D eigenvalue weighted by atomic mass is 10.1. The normalized spacial score (nSPS) is 12.9. The molecule has 0 saturated heterocycles. The van der Waals surface area contributed by atoms with E-state index in [2.05, 4.69) is 16.0 Å². The van der Waals surface area contributed by atoms with Gasteiger partial charge in [-0.3, -0.25) is 24.1 Å². The number of imide groups is 1. The number of nitrogens with zero attached hydrogens (tertiary/aromatic N) is 1. The van der Waals surface area contributed by atoms with Crippen LogP contribution >= 0.6 is 0 Å². The third-order valence-corrected chi connectivity index (χ3v) is 5.24. The third-order valence-electron chi connectivity index (χ3n) is 5.24. The first-order valence-electron chi connectivity index (χ1n) is 12.0. The van der Waals surface area contributed by atoms with E-state index in [4.69, 9.17) is 4.74 Å². The predicted octanol–water partition coefficient (Wildman–Crippen LogP) is 3.33. The monoisotopic (exact) mass is 508 g/mol. The molecule has 1 aliphatic heterocycles. The zero-order chi connectivity index (χ0) is 27.3. The van der Waals surface area contributed by atoms with Gasteiger partial charge in [-0.05, 0) is 62.6 Å². The van der Waals surface area contributed by atoms with Gasteiger partial charge in [-0.15, -0.1) is 0 Å². The number of hydrogen-bond donors (Lipinski definition) is 3. The molecule has 0 aromatic heterocycles. The zero-order valence-electron chi connectivity index (χ0n) is 21.6. The number of nitrogens with one attached hydrogen (secondary N) is 3. The SMILES string of the molecule is CC(C)CN1C(=O)c2ccc(C(=O)NCc3cccc(NC(=O)CNC(=O)OC(C)(C)C)c3)cc2C1=O. The zero-order valence-corrected chi connectivity index (χ0v) is 21.6. The van der Waals surface area contributed by atoms with Gasteiger partial charge in [0.2, 0.25) is 5.91 Å². The number of fused-ring (bicyclic) bond motifs is 1. The second-order valence-corrected chi connectivity index (χ2v) is 10.2. The minimum absolute atomic E-state index is 0.131. The molecule has 0 bridgehead atoms. The molecule has 10 nitrogen and oxygen atoms in total. The van der Waals surface area contributed by atoms with Crippen molar-refractivity contribution in [2.24, 2.45) is 5.92 Å². The Kier molecular flexibility index (Phi) is 8.31. The maximum absolute atomic E-state index is 12.7. The Bertz CT molecular complexity index is 1230. The number of rotatable bonds is 8. The Morgan fingerprint density at radius 3 is 2.32 bits per heavy atom. The van der Waals surface area contributed by atoms with E-state index in [1.165, 1.54) is 23.1 Å². The summed E-state index contributed by atoms with van der Waals surface area (Å²) in [6, 6.07) is 11.4. The summed E-state index contributed by atoms with van der Waals surface area (Å²) in [4.78, 5) is 63.0. The first-order chi connectivity index (χ1) is 17.3. The molecule has 0 unspecified atom stereocenters. The summed E-state index contributed by atoms with van der Waals surface area (Å²) in [5, 5.41) is 7.85. The second kappa shape index (κ2) is 11.2. The highest BCUT2D eigenvalue weighted by atomic mass is 16.6. The summed E-state index contributed by atoms with van der Waals surface area (Å²) in [5.74, 6) is -1.45. The van der Waals surface area contributed by atoms with Crippen LogP contribution < -0.4 is 16.0 Å². The van der Waals surface area contributed by atoms with Crippen molar-refractivity contribution in [1.29, 1.82) is 0 Å². The summed E-state index contributed by atoms with van der Waals surface area (Å²) in [7, 11) is 0. The molecule has 0 aliphatic carbocycles. The van der Waals surface area contributed by atoms with Crippen molar-refractivity contribution < 1.29 is 28.7 Å². The van der Waals surface area contributed by atoms with Gasteiger partial charge in [-0.1, -0.05) is 26.0 Å². The van der Waals surface area contributed by atoms with Crippen LogP contribution in [0.25, 0.3) is 0 Å². The fourth-order valence-electron chi connectivity index (χ4n) is 3.68. The van der Waals surface area contributed by atoms with Crippen molar-refractivity contribution in [1.82, 2.24) is 15.5 Å². The number of anilines is 1. The van der Waals surface area contributed by atoms with Gasteiger partial charge in [0.15, 0.2) is 0 Å². The Balaban J connectivity index is 1.56. The lowest BCUT2D eigenvalue weighted by molar-refractivity contribution is -0.115. The Hall–Kier alpha value is -4.21. The van der Waals surface area contributed by atoms with E-state index in [1.54, 1.807) is 45.0 Å². The molecule has 37 heavy (non-hydrogen) atoms. The Morgan fingerprint density at radius 2 is 1.65 bits per heavy atom. The average Bonchev–Trinajstić information content (AvgIpc) is 3.04. The first kappa shape index (κ1) is 27.4. The van der Waals surface area contributed by atoms with Crippen molar-refractivity contribution in [2.75, 3.05) is 18.4 Å². The van der Waals surface area contributed by atoms with Crippen LogP contribution in [0, 0.1) is 5.92 Å². The van der Waals surface area contributed by atoms with E-state index >= 15 is 0 Å². The number of amides is 5. The number of ether oxygens (including phenoxy) is 1. The maximum atomic E-state index is 12.7. The van der Waals surface area contributed by atoms with Crippen molar-refractivity contribution >= 4 is 35.4 Å². The van der Waals surface area contributed by atoms with Crippen LogP contribution in [-0.4, -0.2) is 53.3 Å². The molecule has 1 heterocycles. The molecule has 1 aliphatic rings. The fourth-order valence-corrected chi connectivity index (χ4v) is 3.68.